The maximum absolute atomic E-state index is 11.4. The van der Waals surface area contributed by atoms with Crippen LogP contribution in [-0.4, -0.2) is 16.0 Å². The maximum Gasteiger partial charge on any atom is 0.133 e. The third-order valence-electron chi connectivity index (χ3n) is 1.92. The molecule has 14 heavy (non-hydrogen) atoms. The van der Waals surface area contributed by atoms with E-state index in [1.807, 2.05) is 12.1 Å². The molecule has 0 saturated heterocycles. The Balaban J connectivity index is 2.31. The van der Waals surface area contributed by atoms with E-state index in [4.69, 9.17) is 0 Å². The average molecular weight is 192 g/mol. The normalized spacial score (nSPS) is 10.5. The average Bonchev–Trinajstić information content (AvgIpc) is 2.15. The second kappa shape index (κ2) is 5.47. The molecular weight excluding hydrogens is 176 g/mol. The molecular formula is C11H16N2O. The molecule has 0 aliphatic heterocycles. The van der Waals surface area contributed by atoms with Gasteiger partial charge < -0.3 is 0 Å². The first kappa shape index (κ1) is 10.8. The highest BCUT2D eigenvalue weighted by Gasteiger charge is 2.05. The lowest BCUT2D eigenvalue weighted by Crippen LogP contribution is -2.05. The number of carbonyl (C=O) groups is 1. The molecule has 0 unspecified atom stereocenters. The molecule has 0 aromatic carbocycles. The van der Waals surface area contributed by atoms with Gasteiger partial charge in [0.15, 0.2) is 0 Å². The predicted molar refractivity (Wildman–Crippen MR) is 54.8 cm³/mol. The van der Waals surface area contributed by atoms with Crippen LogP contribution < -0.4 is 0 Å². The van der Waals surface area contributed by atoms with Crippen LogP contribution in [0, 0.1) is 5.92 Å². The fourth-order valence-corrected chi connectivity index (χ4v) is 1.29. The number of rotatable bonds is 5. The summed E-state index contributed by atoms with van der Waals surface area (Å²) >= 11 is 0. The Labute approximate surface area is 84.6 Å². The first-order chi connectivity index (χ1) is 6.68. The molecule has 0 fully saturated rings. The van der Waals surface area contributed by atoms with Crippen LogP contribution in [-0.2, 0) is 11.2 Å². The molecule has 1 rings (SSSR count). The molecule has 0 atom stereocenters. The highest BCUT2D eigenvalue weighted by atomic mass is 16.1. The van der Waals surface area contributed by atoms with Crippen LogP contribution in [0.4, 0.5) is 0 Å². The predicted octanol–water partition coefficient (Wildman–Crippen LogP) is 2.02. The van der Waals surface area contributed by atoms with Crippen molar-refractivity contribution in [1.29, 1.82) is 0 Å². The smallest absolute Gasteiger partial charge is 0.133 e. The van der Waals surface area contributed by atoms with Crippen molar-refractivity contribution >= 4 is 5.78 Å². The first-order valence-corrected chi connectivity index (χ1v) is 4.96. The van der Waals surface area contributed by atoms with Crippen molar-refractivity contribution in [3.05, 3.63) is 24.0 Å². The third-order valence-corrected chi connectivity index (χ3v) is 1.92. The van der Waals surface area contributed by atoms with Crippen molar-refractivity contribution in [3.8, 4) is 0 Å². The van der Waals surface area contributed by atoms with E-state index in [2.05, 4.69) is 24.0 Å². The number of Topliss-reactive ketones (excluding diaryl/α,β-unsaturated/α-hetero) is 1. The van der Waals surface area contributed by atoms with Crippen LogP contribution in [0.1, 0.15) is 32.4 Å². The Hall–Kier alpha value is -1.25. The minimum Gasteiger partial charge on any atom is -0.300 e. The fourth-order valence-electron chi connectivity index (χ4n) is 1.29. The van der Waals surface area contributed by atoms with Crippen molar-refractivity contribution in [3.63, 3.8) is 0 Å². The summed E-state index contributed by atoms with van der Waals surface area (Å²) in [5.41, 5.74) is 0.893. The minimum atomic E-state index is 0.311. The maximum atomic E-state index is 11.4. The molecule has 0 bridgehead atoms. The van der Waals surface area contributed by atoms with E-state index in [1.165, 1.54) is 0 Å². The number of aryl methyl sites for hydroxylation is 1. The summed E-state index contributed by atoms with van der Waals surface area (Å²) in [7, 11) is 0. The topological polar surface area (TPSA) is 42.9 Å². The third kappa shape index (κ3) is 4.12. The lowest BCUT2D eigenvalue weighted by Gasteiger charge is -2.02. The van der Waals surface area contributed by atoms with Gasteiger partial charge in [-0.2, -0.15) is 10.2 Å². The van der Waals surface area contributed by atoms with E-state index in [1.54, 1.807) is 6.20 Å². The molecule has 0 saturated carbocycles. The summed E-state index contributed by atoms with van der Waals surface area (Å²) in [6, 6.07) is 3.74. The molecule has 1 aromatic rings. The molecule has 0 radical (unpaired) electrons. The fraction of sp³-hybridized carbons (Fsp3) is 0.545. The van der Waals surface area contributed by atoms with E-state index in [-0.39, 0.29) is 0 Å². The van der Waals surface area contributed by atoms with Gasteiger partial charge in [0, 0.05) is 19.0 Å². The van der Waals surface area contributed by atoms with Gasteiger partial charge in [0.25, 0.3) is 0 Å². The standard InChI is InChI=1S/C11H16N2O/c1-9(2)8-11(14)6-5-10-4-3-7-12-13-10/h3-4,7,9H,5-6,8H2,1-2H3. The number of carbonyl (C=O) groups excluding carboxylic acids is 1. The molecule has 76 valence electrons. The lowest BCUT2D eigenvalue weighted by atomic mass is 10.0. The van der Waals surface area contributed by atoms with Gasteiger partial charge in [0.05, 0.1) is 5.69 Å². The molecule has 1 heterocycles. The Kier molecular flexibility index (Phi) is 4.23. The van der Waals surface area contributed by atoms with Crippen LogP contribution in [0.2, 0.25) is 0 Å². The van der Waals surface area contributed by atoms with E-state index in [0.29, 0.717) is 31.0 Å². The second-order valence-corrected chi connectivity index (χ2v) is 3.85. The Morgan fingerprint density at radius 1 is 1.50 bits per heavy atom. The van der Waals surface area contributed by atoms with Gasteiger partial charge in [-0.05, 0) is 24.5 Å². The Bertz CT molecular complexity index is 283. The zero-order chi connectivity index (χ0) is 10.4. The van der Waals surface area contributed by atoms with Crippen molar-refractivity contribution in [2.24, 2.45) is 5.92 Å². The zero-order valence-electron chi connectivity index (χ0n) is 8.73. The molecule has 0 spiro atoms. The van der Waals surface area contributed by atoms with Gasteiger partial charge >= 0.3 is 0 Å². The largest absolute Gasteiger partial charge is 0.300 e. The number of hydrogen-bond acceptors (Lipinski definition) is 3. The molecule has 1 aromatic heterocycles. The Morgan fingerprint density at radius 2 is 2.29 bits per heavy atom. The van der Waals surface area contributed by atoms with Gasteiger partial charge in [0.1, 0.15) is 5.78 Å². The van der Waals surface area contributed by atoms with Gasteiger partial charge in [-0.15, -0.1) is 0 Å². The van der Waals surface area contributed by atoms with Crippen molar-refractivity contribution in [2.45, 2.75) is 33.1 Å². The van der Waals surface area contributed by atoms with Gasteiger partial charge in [-0.1, -0.05) is 13.8 Å². The summed E-state index contributed by atoms with van der Waals surface area (Å²) in [6.45, 7) is 4.11. The molecule has 0 N–H and O–H groups in total. The number of hydrogen-bond donors (Lipinski definition) is 0. The first-order valence-electron chi connectivity index (χ1n) is 4.96. The quantitative estimate of drug-likeness (QED) is 0.716. The van der Waals surface area contributed by atoms with Crippen molar-refractivity contribution < 1.29 is 4.79 Å². The van der Waals surface area contributed by atoms with E-state index in [0.717, 1.165) is 5.69 Å². The van der Waals surface area contributed by atoms with Crippen LogP contribution >= 0.6 is 0 Å². The van der Waals surface area contributed by atoms with Crippen molar-refractivity contribution in [1.82, 2.24) is 10.2 Å². The van der Waals surface area contributed by atoms with Crippen LogP contribution in [0.15, 0.2) is 18.3 Å². The molecule has 3 nitrogen and oxygen atoms in total. The highest BCUT2D eigenvalue weighted by Crippen LogP contribution is 2.05. The summed E-state index contributed by atoms with van der Waals surface area (Å²) in [6.07, 6.45) is 3.59. The zero-order valence-corrected chi connectivity index (χ0v) is 8.73. The number of aromatic nitrogens is 2. The lowest BCUT2D eigenvalue weighted by molar-refractivity contribution is -0.119. The van der Waals surface area contributed by atoms with Gasteiger partial charge in [-0.25, -0.2) is 0 Å². The summed E-state index contributed by atoms with van der Waals surface area (Å²) in [5, 5.41) is 7.69. The summed E-state index contributed by atoms with van der Waals surface area (Å²) < 4.78 is 0. The van der Waals surface area contributed by atoms with Crippen LogP contribution in [0.5, 0.6) is 0 Å². The summed E-state index contributed by atoms with van der Waals surface area (Å²) in [4.78, 5) is 11.4. The number of nitrogens with zero attached hydrogens (tertiary/aromatic N) is 2. The molecule has 3 heteroatoms. The molecule has 0 aliphatic rings. The second-order valence-electron chi connectivity index (χ2n) is 3.85. The summed E-state index contributed by atoms with van der Waals surface area (Å²) in [5.74, 6) is 0.759. The van der Waals surface area contributed by atoms with Gasteiger partial charge in [-0.3, -0.25) is 4.79 Å². The van der Waals surface area contributed by atoms with Crippen LogP contribution in [0.25, 0.3) is 0 Å². The highest BCUT2D eigenvalue weighted by molar-refractivity contribution is 5.78. The van der Waals surface area contributed by atoms with Crippen molar-refractivity contribution in [2.75, 3.05) is 0 Å². The number of ketones is 1. The Morgan fingerprint density at radius 3 is 2.86 bits per heavy atom. The van der Waals surface area contributed by atoms with Crippen LogP contribution in [0.3, 0.4) is 0 Å². The van der Waals surface area contributed by atoms with Gasteiger partial charge in [0.2, 0.25) is 0 Å². The molecule has 0 amide bonds. The monoisotopic (exact) mass is 192 g/mol. The van der Waals surface area contributed by atoms with E-state index in [9.17, 15) is 4.79 Å². The SMILES string of the molecule is CC(C)CC(=O)CCc1cccnn1. The van der Waals surface area contributed by atoms with E-state index < -0.39 is 0 Å². The van der Waals surface area contributed by atoms with E-state index >= 15 is 0 Å². The minimum absolute atomic E-state index is 0.311. The molecule has 0 aliphatic carbocycles.